The number of anilines is 3. The molecular formula is C21H27F3N6O2. The first-order valence-electron chi connectivity index (χ1n) is 10.7. The van der Waals surface area contributed by atoms with Gasteiger partial charge in [-0.2, -0.15) is 13.8 Å². The number of pyridine rings is 1. The summed E-state index contributed by atoms with van der Waals surface area (Å²) in [5.74, 6) is 0.672. The second-order valence-corrected chi connectivity index (χ2v) is 8.23. The SMILES string of the molecule is C[C@H]1CN(c2cc(-c3cnc(N)c(OC(F)F)c3)nc(N3CCCC(F)C3)n2)[C@@H](C)CO1. The first-order valence-corrected chi connectivity index (χ1v) is 10.7. The Morgan fingerprint density at radius 2 is 2.03 bits per heavy atom. The molecule has 8 nitrogen and oxygen atoms in total. The number of nitrogens with zero attached hydrogens (tertiary/aromatic N) is 5. The van der Waals surface area contributed by atoms with E-state index in [1.807, 2.05) is 18.7 Å². The molecule has 3 atom stereocenters. The number of rotatable bonds is 5. The summed E-state index contributed by atoms with van der Waals surface area (Å²) in [6, 6.07) is 3.22. The zero-order valence-electron chi connectivity index (χ0n) is 18.0. The average Bonchev–Trinajstić information content (AvgIpc) is 2.76. The molecule has 0 radical (unpaired) electrons. The topological polar surface area (TPSA) is 89.6 Å². The van der Waals surface area contributed by atoms with Crippen molar-refractivity contribution in [2.75, 3.05) is 41.8 Å². The van der Waals surface area contributed by atoms with E-state index in [4.69, 9.17) is 15.5 Å². The number of morpholine rings is 1. The molecule has 11 heteroatoms. The number of hydrogen-bond donors (Lipinski definition) is 1. The monoisotopic (exact) mass is 452 g/mol. The van der Waals surface area contributed by atoms with Gasteiger partial charge in [0.1, 0.15) is 12.0 Å². The molecule has 0 aliphatic carbocycles. The highest BCUT2D eigenvalue weighted by atomic mass is 19.3. The molecule has 4 rings (SSSR count). The Balaban J connectivity index is 1.77. The van der Waals surface area contributed by atoms with Crippen LogP contribution in [0.15, 0.2) is 18.3 Å². The van der Waals surface area contributed by atoms with Crippen molar-refractivity contribution in [3.05, 3.63) is 18.3 Å². The van der Waals surface area contributed by atoms with Crippen LogP contribution in [0.2, 0.25) is 0 Å². The van der Waals surface area contributed by atoms with E-state index in [1.54, 1.807) is 6.07 Å². The lowest BCUT2D eigenvalue weighted by atomic mass is 10.1. The summed E-state index contributed by atoms with van der Waals surface area (Å²) < 4.78 is 49.9. The minimum absolute atomic E-state index is 0.0162. The molecular weight excluding hydrogens is 425 g/mol. The fourth-order valence-corrected chi connectivity index (χ4v) is 3.97. The number of piperidine rings is 1. The minimum Gasteiger partial charge on any atom is -0.431 e. The maximum atomic E-state index is 14.1. The van der Waals surface area contributed by atoms with E-state index in [2.05, 4.69) is 19.6 Å². The minimum atomic E-state index is -3.03. The van der Waals surface area contributed by atoms with Gasteiger partial charge in [0.25, 0.3) is 0 Å². The van der Waals surface area contributed by atoms with Crippen LogP contribution in [-0.4, -0.2) is 66.1 Å². The summed E-state index contributed by atoms with van der Waals surface area (Å²) >= 11 is 0. The van der Waals surface area contributed by atoms with Crippen molar-refractivity contribution in [1.29, 1.82) is 0 Å². The third-order valence-electron chi connectivity index (χ3n) is 5.64. The smallest absolute Gasteiger partial charge is 0.387 e. The molecule has 0 saturated carbocycles. The van der Waals surface area contributed by atoms with Crippen molar-refractivity contribution in [2.45, 2.75) is 51.6 Å². The van der Waals surface area contributed by atoms with Gasteiger partial charge in [-0.3, -0.25) is 0 Å². The standard InChI is InChI=1S/C21H27F3N6O2/c1-12-11-31-13(2)9-30(12)18-7-16(14-6-17(32-20(23)24)19(25)26-8-14)27-21(28-18)29-5-3-4-15(22)10-29/h6-8,12-13,15,20H,3-5,9-11H2,1-2H3,(H2,25,26)/t12-,13-,15?/m0/s1. The van der Waals surface area contributed by atoms with Crippen LogP contribution in [-0.2, 0) is 4.74 Å². The second-order valence-electron chi connectivity index (χ2n) is 8.23. The van der Waals surface area contributed by atoms with Crippen molar-refractivity contribution >= 4 is 17.6 Å². The fraction of sp³-hybridized carbons (Fsp3) is 0.571. The van der Waals surface area contributed by atoms with Crippen LogP contribution in [0, 0.1) is 0 Å². The van der Waals surface area contributed by atoms with Gasteiger partial charge in [0.05, 0.1) is 31.0 Å². The number of nitrogen functional groups attached to an aromatic ring is 1. The lowest BCUT2D eigenvalue weighted by Gasteiger charge is -2.38. The van der Waals surface area contributed by atoms with Gasteiger partial charge in [-0.1, -0.05) is 0 Å². The summed E-state index contributed by atoms with van der Waals surface area (Å²) in [5.41, 5.74) is 6.59. The van der Waals surface area contributed by atoms with E-state index in [0.717, 1.165) is 0 Å². The number of aromatic nitrogens is 3. The Kier molecular flexibility index (Phi) is 6.54. The van der Waals surface area contributed by atoms with Gasteiger partial charge in [0, 0.05) is 30.9 Å². The molecule has 0 aromatic carbocycles. The van der Waals surface area contributed by atoms with Crippen molar-refractivity contribution in [3.8, 4) is 17.0 Å². The quantitative estimate of drug-likeness (QED) is 0.740. The fourth-order valence-electron chi connectivity index (χ4n) is 3.97. The summed E-state index contributed by atoms with van der Waals surface area (Å²) in [6.07, 6.45) is 1.72. The third kappa shape index (κ3) is 4.98. The van der Waals surface area contributed by atoms with E-state index in [0.29, 0.717) is 55.6 Å². The number of alkyl halides is 3. The van der Waals surface area contributed by atoms with E-state index in [1.165, 1.54) is 12.3 Å². The lowest BCUT2D eigenvalue weighted by molar-refractivity contribution is -0.0494. The normalized spacial score (nSPS) is 24.1. The zero-order chi connectivity index (χ0) is 22.8. The van der Waals surface area contributed by atoms with Crippen molar-refractivity contribution in [3.63, 3.8) is 0 Å². The van der Waals surface area contributed by atoms with Crippen molar-refractivity contribution in [2.24, 2.45) is 0 Å². The Morgan fingerprint density at radius 1 is 1.22 bits per heavy atom. The summed E-state index contributed by atoms with van der Waals surface area (Å²) in [6.45, 7) is 3.00. The predicted molar refractivity (Wildman–Crippen MR) is 115 cm³/mol. The molecule has 1 unspecified atom stereocenters. The highest BCUT2D eigenvalue weighted by Crippen LogP contribution is 2.32. The molecule has 2 fully saturated rings. The molecule has 2 aromatic rings. The molecule has 2 saturated heterocycles. The van der Waals surface area contributed by atoms with Crippen LogP contribution in [0.3, 0.4) is 0 Å². The van der Waals surface area contributed by atoms with Crippen molar-refractivity contribution in [1.82, 2.24) is 15.0 Å². The van der Waals surface area contributed by atoms with Crippen molar-refractivity contribution < 1.29 is 22.6 Å². The predicted octanol–water partition coefficient (Wildman–Crippen LogP) is 3.27. The number of hydrogen-bond acceptors (Lipinski definition) is 8. The molecule has 0 amide bonds. The summed E-state index contributed by atoms with van der Waals surface area (Å²) in [7, 11) is 0. The molecule has 174 valence electrons. The van der Waals surface area contributed by atoms with E-state index >= 15 is 0 Å². The summed E-state index contributed by atoms with van der Waals surface area (Å²) in [5, 5.41) is 0. The third-order valence-corrected chi connectivity index (χ3v) is 5.64. The van der Waals surface area contributed by atoms with Gasteiger partial charge >= 0.3 is 6.61 Å². The Labute approximate surface area is 184 Å². The second kappa shape index (κ2) is 9.35. The zero-order valence-corrected chi connectivity index (χ0v) is 18.0. The van der Waals surface area contributed by atoms with Crippen LogP contribution in [0.25, 0.3) is 11.3 Å². The first kappa shape index (κ1) is 22.4. The molecule has 0 spiro atoms. The lowest BCUT2D eigenvalue weighted by Crippen LogP contribution is -2.48. The Hall–Kier alpha value is -2.82. The number of halogens is 3. The molecule has 2 aromatic heterocycles. The molecule has 2 aliphatic heterocycles. The number of ether oxygens (including phenoxy) is 2. The Bertz CT molecular complexity index is 950. The molecule has 4 heterocycles. The molecule has 32 heavy (non-hydrogen) atoms. The number of nitrogens with two attached hydrogens (primary N) is 1. The van der Waals surface area contributed by atoms with E-state index in [-0.39, 0.29) is 30.3 Å². The van der Waals surface area contributed by atoms with Crippen LogP contribution < -0.4 is 20.3 Å². The first-order chi connectivity index (χ1) is 15.3. The van der Waals surface area contributed by atoms with E-state index in [9.17, 15) is 13.2 Å². The van der Waals surface area contributed by atoms with Gasteiger partial charge in [0.15, 0.2) is 11.6 Å². The van der Waals surface area contributed by atoms with Crippen LogP contribution in [0.5, 0.6) is 5.75 Å². The maximum absolute atomic E-state index is 14.1. The van der Waals surface area contributed by atoms with Crippen LogP contribution in [0.4, 0.5) is 30.8 Å². The largest absolute Gasteiger partial charge is 0.431 e. The van der Waals surface area contributed by atoms with Gasteiger partial charge in [0.2, 0.25) is 5.95 Å². The highest BCUT2D eigenvalue weighted by Gasteiger charge is 2.28. The van der Waals surface area contributed by atoms with Gasteiger partial charge in [-0.05, 0) is 32.8 Å². The van der Waals surface area contributed by atoms with Gasteiger partial charge < -0.3 is 25.0 Å². The van der Waals surface area contributed by atoms with Crippen LogP contribution >= 0.6 is 0 Å². The molecule has 2 aliphatic rings. The van der Waals surface area contributed by atoms with Gasteiger partial charge in [-0.15, -0.1) is 0 Å². The summed E-state index contributed by atoms with van der Waals surface area (Å²) in [4.78, 5) is 17.3. The van der Waals surface area contributed by atoms with Gasteiger partial charge in [-0.25, -0.2) is 14.4 Å². The average molecular weight is 452 g/mol. The van der Waals surface area contributed by atoms with Crippen LogP contribution in [0.1, 0.15) is 26.7 Å². The Morgan fingerprint density at radius 3 is 2.78 bits per heavy atom. The molecule has 0 bridgehead atoms. The highest BCUT2D eigenvalue weighted by molar-refractivity contribution is 5.68. The molecule has 2 N–H and O–H groups in total. The maximum Gasteiger partial charge on any atom is 0.387 e. The van der Waals surface area contributed by atoms with E-state index < -0.39 is 12.8 Å².